The molecule has 2 saturated heterocycles. The van der Waals surface area contributed by atoms with Gasteiger partial charge in [0.25, 0.3) is 5.91 Å². The van der Waals surface area contributed by atoms with E-state index in [0.717, 1.165) is 36.8 Å². The number of aromatic nitrogens is 1. The number of furan rings is 1. The van der Waals surface area contributed by atoms with Gasteiger partial charge < -0.3 is 14.6 Å². The molecule has 132 valence electrons. The van der Waals surface area contributed by atoms with E-state index in [1.807, 2.05) is 47.4 Å². The van der Waals surface area contributed by atoms with Crippen molar-refractivity contribution in [3.05, 3.63) is 54.3 Å². The first-order valence-electron chi connectivity index (χ1n) is 9.27. The van der Waals surface area contributed by atoms with Crippen LogP contribution in [0.5, 0.6) is 0 Å². The lowest BCUT2D eigenvalue weighted by molar-refractivity contribution is 0.0750. The van der Waals surface area contributed by atoms with Crippen molar-refractivity contribution in [1.29, 1.82) is 0 Å². The molecule has 1 amide bonds. The number of hydrogen-bond acceptors (Lipinski definition) is 4. The zero-order valence-electron chi connectivity index (χ0n) is 14.5. The minimum absolute atomic E-state index is 0.0887. The predicted molar refractivity (Wildman–Crippen MR) is 99.9 cm³/mol. The maximum absolute atomic E-state index is 13.4. The molecule has 0 aliphatic carbocycles. The van der Waals surface area contributed by atoms with Gasteiger partial charge in [-0.3, -0.25) is 4.79 Å². The van der Waals surface area contributed by atoms with Gasteiger partial charge in [0.05, 0.1) is 17.3 Å². The Morgan fingerprint density at radius 2 is 2.00 bits per heavy atom. The fourth-order valence-electron chi connectivity index (χ4n) is 4.20. The maximum atomic E-state index is 13.4. The minimum atomic E-state index is 0.0887. The molecule has 5 heteroatoms. The first-order chi connectivity index (χ1) is 12.8. The Bertz CT molecular complexity index is 951. The van der Waals surface area contributed by atoms with Crippen molar-refractivity contribution in [3.8, 4) is 11.5 Å². The lowest BCUT2D eigenvalue weighted by Crippen LogP contribution is -2.39. The number of para-hydroxylation sites is 1. The van der Waals surface area contributed by atoms with Crippen molar-refractivity contribution >= 4 is 16.8 Å². The third-order valence-electron chi connectivity index (χ3n) is 5.53. The molecule has 0 radical (unpaired) electrons. The van der Waals surface area contributed by atoms with Crippen LogP contribution in [-0.2, 0) is 0 Å². The summed E-state index contributed by atoms with van der Waals surface area (Å²) in [6.45, 7) is 1.59. The molecular formula is C21H21N3O2. The smallest absolute Gasteiger partial charge is 0.254 e. The summed E-state index contributed by atoms with van der Waals surface area (Å²) >= 11 is 0. The van der Waals surface area contributed by atoms with Gasteiger partial charge in [-0.05, 0) is 43.5 Å². The zero-order chi connectivity index (χ0) is 17.5. The molecule has 2 aliphatic heterocycles. The number of carbonyl (C=O) groups excluding carboxylic acids is 1. The van der Waals surface area contributed by atoms with Crippen molar-refractivity contribution in [2.75, 3.05) is 13.1 Å². The number of nitrogens with one attached hydrogen (secondary N) is 1. The fraction of sp³-hybridized carbons (Fsp3) is 0.333. The number of nitrogens with zero attached hydrogens (tertiary/aromatic N) is 2. The second-order valence-electron chi connectivity index (χ2n) is 7.23. The standard InChI is InChI=1S/C21H21N3O2/c25-21(24-10-9-14-7-8-15(13-24)22-14)17-12-19(20-6-3-11-26-20)23-18-5-2-1-4-16(17)18/h1-6,11-12,14-15,22H,7-10,13H2. The molecule has 26 heavy (non-hydrogen) atoms. The Morgan fingerprint density at radius 3 is 2.88 bits per heavy atom. The monoisotopic (exact) mass is 347 g/mol. The van der Waals surface area contributed by atoms with Crippen LogP contribution >= 0.6 is 0 Å². The number of carbonyl (C=O) groups is 1. The molecule has 5 rings (SSSR count). The van der Waals surface area contributed by atoms with Crippen LogP contribution in [-0.4, -0.2) is 41.0 Å². The molecule has 2 aromatic heterocycles. The summed E-state index contributed by atoms with van der Waals surface area (Å²) in [6, 6.07) is 14.4. The van der Waals surface area contributed by atoms with Crippen molar-refractivity contribution in [2.24, 2.45) is 0 Å². The van der Waals surface area contributed by atoms with E-state index in [4.69, 9.17) is 4.42 Å². The van der Waals surface area contributed by atoms with Crippen molar-refractivity contribution < 1.29 is 9.21 Å². The molecule has 0 spiro atoms. The van der Waals surface area contributed by atoms with E-state index in [0.29, 0.717) is 29.1 Å². The summed E-state index contributed by atoms with van der Waals surface area (Å²) in [6.07, 6.45) is 5.04. The number of rotatable bonds is 2. The quantitative estimate of drug-likeness (QED) is 0.771. The van der Waals surface area contributed by atoms with Crippen LogP contribution in [0.15, 0.2) is 53.1 Å². The topological polar surface area (TPSA) is 58.4 Å². The summed E-state index contributed by atoms with van der Waals surface area (Å²) in [5.74, 6) is 0.771. The summed E-state index contributed by atoms with van der Waals surface area (Å²) in [4.78, 5) is 20.1. The van der Waals surface area contributed by atoms with Crippen molar-refractivity contribution in [1.82, 2.24) is 15.2 Å². The third kappa shape index (κ3) is 2.69. The second kappa shape index (κ2) is 6.25. The molecule has 0 saturated carbocycles. The van der Waals surface area contributed by atoms with E-state index < -0.39 is 0 Å². The number of benzene rings is 1. The van der Waals surface area contributed by atoms with Crippen LogP contribution in [0.25, 0.3) is 22.4 Å². The average molecular weight is 347 g/mol. The molecule has 1 aromatic carbocycles. The van der Waals surface area contributed by atoms with Crippen LogP contribution < -0.4 is 5.32 Å². The van der Waals surface area contributed by atoms with E-state index in [1.165, 1.54) is 6.42 Å². The lowest BCUT2D eigenvalue weighted by Gasteiger charge is -2.25. The number of hydrogen-bond donors (Lipinski definition) is 1. The summed E-state index contributed by atoms with van der Waals surface area (Å²) in [5.41, 5.74) is 2.23. The summed E-state index contributed by atoms with van der Waals surface area (Å²) in [5, 5.41) is 4.54. The number of likely N-dealkylation sites (tertiary alicyclic amines) is 1. The van der Waals surface area contributed by atoms with E-state index in [9.17, 15) is 4.79 Å². The highest BCUT2D eigenvalue weighted by molar-refractivity contribution is 6.07. The van der Waals surface area contributed by atoms with E-state index in [2.05, 4.69) is 10.3 Å². The normalized spacial score (nSPS) is 22.5. The average Bonchev–Trinajstić information content (AvgIpc) is 3.30. The van der Waals surface area contributed by atoms with Gasteiger partial charge in [0.2, 0.25) is 0 Å². The summed E-state index contributed by atoms with van der Waals surface area (Å²) in [7, 11) is 0. The van der Waals surface area contributed by atoms with Gasteiger partial charge in [0, 0.05) is 30.6 Å². The highest BCUT2D eigenvalue weighted by Gasteiger charge is 2.32. The van der Waals surface area contributed by atoms with Gasteiger partial charge in [0.15, 0.2) is 5.76 Å². The second-order valence-corrected chi connectivity index (χ2v) is 7.23. The fourth-order valence-corrected chi connectivity index (χ4v) is 4.20. The molecule has 2 unspecified atom stereocenters. The highest BCUT2D eigenvalue weighted by Crippen LogP contribution is 2.28. The Balaban J connectivity index is 1.57. The van der Waals surface area contributed by atoms with Gasteiger partial charge in [0.1, 0.15) is 5.69 Å². The Kier molecular flexibility index (Phi) is 3.75. The molecular weight excluding hydrogens is 326 g/mol. The van der Waals surface area contributed by atoms with Crippen LogP contribution in [0.1, 0.15) is 29.6 Å². The van der Waals surface area contributed by atoms with Gasteiger partial charge in [-0.25, -0.2) is 4.98 Å². The number of amides is 1. The third-order valence-corrected chi connectivity index (χ3v) is 5.53. The van der Waals surface area contributed by atoms with Crippen LogP contribution in [0.2, 0.25) is 0 Å². The number of fused-ring (bicyclic) bond motifs is 3. The zero-order valence-corrected chi connectivity index (χ0v) is 14.5. The first-order valence-corrected chi connectivity index (χ1v) is 9.27. The summed E-state index contributed by atoms with van der Waals surface area (Å²) < 4.78 is 5.51. The number of pyridine rings is 1. The molecule has 4 heterocycles. The first kappa shape index (κ1) is 15.6. The maximum Gasteiger partial charge on any atom is 0.254 e. The molecule has 2 aliphatic rings. The Hall–Kier alpha value is -2.66. The SMILES string of the molecule is O=C(c1cc(-c2ccco2)nc2ccccc12)N1CCC2CCC(C1)N2. The van der Waals surface area contributed by atoms with Crippen LogP contribution in [0, 0.1) is 0 Å². The van der Waals surface area contributed by atoms with E-state index in [-0.39, 0.29) is 5.91 Å². The lowest BCUT2D eigenvalue weighted by atomic mass is 10.0. The molecule has 5 nitrogen and oxygen atoms in total. The van der Waals surface area contributed by atoms with Gasteiger partial charge in [-0.2, -0.15) is 0 Å². The highest BCUT2D eigenvalue weighted by atomic mass is 16.3. The minimum Gasteiger partial charge on any atom is -0.463 e. The Morgan fingerprint density at radius 1 is 1.12 bits per heavy atom. The molecule has 1 N–H and O–H groups in total. The molecule has 2 fully saturated rings. The van der Waals surface area contributed by atoms with Crippen LogP contribution in [0.4, 0.5) is 0 Å². The Labute approximate surface area is 152 Å². The van der Waals surface area contributed by atoms with Crippen LogP contribution in [0.3, 0.4) is 0 Å². The van der Waals surface area contributed by atoms with E-state index in [1.54, 1.807) is 6.26 Å². The predicted octanol–water partition coefficient (Wildman–Crippen LogP) is 3.46. The van der Waals surface area contributed by atoms with Crippen molar-refractivity contribution in [3.63, 3.8) is 0 Å². The molecule has 3 aromatic rings. The largest absolute Gasteiger partial charge is 0.463 e. The van der Waals surface area contributed by atoms with Gasteiger partial charge in [-0.15, -0.1) is 0 Å². The molecule has 2 atom stereocenters. The van der Waals surface area contributed by atoms with Gasteiger partial charge >= 0.3 is 0 Å². The van der Waals surface area contributed by atoms with E-state index >= 15 is 0 Å². The molecule has 2 bridgehead atoms. The van der Waals surface area contributed by atoms with Crippen molar-refractivity contribution in [2.45, 2.75) is 31.3 Å². The van der Waals surface area contributed by atoms with Gasteiger partial charge in [-0.1, -0.05) is 18.2 Å².